The summed E-state index contributed by atoms with van der Waals surface area (Å²) in [5.74, 6) is -1.13. The van der Waals surface area contributed by atoms with E-state index in [1.165, 1.54) is 0 Å². The molecular formula is C13H16N2O3. The highest BCUT2D eigenvalue weighted by atomic mass is 16.4. The number of anilines is 1. The number of fused-ring (bicyclic) bond motifs is 1. The lowest BCUT2D eigenvalue weighted by Crippen LogP contribution is -2.42. The van der Waals surface area contributed by atoms with E-state index in [9.17, 15) is 9.59 Å². The molecular weight excluding hydrogens is 232 g/mol. The number of carboxylic acid groups (broad SMARTS) is 1. The first-order valence-corrected chi connectivity index (χ1v) is 5.97. The Bertz CT molecular complexity index is 499. The molecule has 1 amide bonds. The van der Waals surface area contributed by atoms with Gasteiger partial charge in [-0.2, -0.15) is 0 Å². The molecule has 0 aromatic heterocycles. The molecule has 0 aliphatic carbocycles. The number of carboxylic acids is 1. The molecule has 1 heterocycles. The molecule has 2 rings (SSSR count). The predicted molar refractivity (Wildman–Crippen MR) is 67.7 cm³/mol. The van der Waals surface area contributed by atoms with Crippen LogP contribution in [0.2, 0.25) is 0 Å². The zero-order valence-corrected chi connectivity index (χ0v) is 10.2. The predicted octanol–water partition coefficient (Wildman–Crippen LogP) is 1.01. The molecule has 96 valence electrons. The van der Waals surface area contributed by atoms with E-state index in [0.717, 1.165) is 12.0 Å². The minimum atomic E-state index is -0.989. The van der Waals surface area contributed by atoms with Crippen molar-refractivity contribution in [3.05, 3.63) is 29.3 Å². The largest absolute Gasteiger partial charge is 0.478 e. The minimum Gasteiger partial charge on any atom is -0.478 e. The Morgan fingerprint density at radius 3 is 2.83 bits per heavy atom. The number of nitrogens with zero attached hydrogens (tertiary/aromatic N) is 1. The molecule has 1 atom stereocenters. The lowest BCUT2D eigenvalue weighted by molar-refractivity contribution is -0.119. The molecule has 5 heteroatoms. The molecule has 0 spiro atoms. The quantitative estimate of drug-likeness (QED) is 0.836. The van der Waals surface area contributed by atoms with Crippen LogP contribution in [0.15, 0.2) is 18.2 Å². The van der Waals surface area contributed by atoms with Crippen molar-refractivity contribution in [3.8, 4) is 0 Å². The summed E-state index contributed by atoms with van der Waals surface area (Å²) >= 11 is 0. The van der Waals surface area contributed by atoms with Gasteiger partial charge in [-0.05, 0) is 30.5 Å². The molecule has 0 unspecified atom stereocenters. The maximum atomic E-state index is 12.1. The molecule has 3 N–H and O–H groups in total. The molecule has 0 saturated heterocycles. The number of amides is 1. The number of carbonyl (C=O) groups excluding carboxylic acids is 1. The Kier molecular flexibility index (Phi) is 3.34. The third-order valence-electron chi connectivity index (χ3n) is 3.25. The van der Waals surface area contributed by atoms with Gasteiger partial charge in [0.2, 0.25) is 5.91 Å². The van der Waals surface area contributed by atoms with Crippen molar-refractivity contribution in [1.82, 2.24) is 0 Å². The SMILES string of the molecule is CC[C@H](N)C(=O)N1CCc2ccc(C(=O)O)cc21. The summed E-state index contributed by atoms with van der Waals surface area (Å²) in [4.78, 5) is 24.6. The standard InChI is InChI=1S/C13H16N2O3/c1-2-10(14)12(16)15-6-5-8-3-4-9(13(17)18)7-11(8)15/h3-4,7,10H,2,5-6,14H2,1H3,(H,17,18)/t10-/m0/s1. The Morgan fingerprint density at radius 2 is 2.22 bits per heavy atom. The number of aromatic carboxylic acids is 1. The van der Waals surface area contributed by atoms with E-state index < -0.39 is 12.0 Å². The Labute approximate surface area is 105 Å². The first-order chi connectivity index (χ1) is 8.54. The first-order valence-electron chi connectivity index (χ1n) is 5.97. The Hall–Kier alpha value is -1.88. The number of nitrogens with two attached hydrogens (primary N) is 1. The average molecular weight is 248 g/mol. The van der Waals surface area contributed by atoms with Gasteiger partial charge in [-0.25, -0.2) is 4.79 Å². The summed E-state index contributed by atoms with van der Waals surface area (Å²) in [6.07, 6.45) is 1.32. The summed E-state index contributed by atoms with van der Waals surface area (Å²) in [6.45, 7) is 2.43. The first kappa shape index (κ1) is 12.6. The summed E-state index contributed by atoms with van der Waals surface area (Å²) in [5, 5.41) is 8.97. The molecule has 0 saturated carbocycles. The number of hydrogen-bond donors (Lipinski definition) is 2. The Morgan fingerprint density at radius 1 is 1.50 bits per heavy atom. The number of benzene rings is 1. The zero-order valence-electron chi connectivity index (χ0n) is 10.2. The Balaban J connectivity index is 2.34. The van der Waals surface area contributed by atoms with E-state index in [2.05, 4.69) is 0 Å². The van der Waals surface area contributed by atoms with Crippen LogP contribution in [-0.2, 0) is 11.2 Å². The highest BCUT2D eigenvalue weighted by molar-refractivity contribution is 6.00. The highest BCUT2D eigenvalue weighted by Gasteiger charge is 2.28. The summed E-state index contributed by atoms with van der Waals surface area (Å²) < 4.78 is 0. The number of rotatable bonds is 3. The molecule has 1 aliphatic heterocycles. The second kappa shape index (κ2) is 4.78. The second-order valence-corrected chi connectivity index (χ2v) is 4.40. The summed E-state index contributed by atoms with van der Waals surface area (Å²) in [5.41, 5.74) is 7.62. The van der Waals surface area contributed by atoms with Crippen LogP contribution in [0.1, 0.15) is 29.3 Å². The highest BCUT2D eigenvalue weighted by Crippen LogP contribution is 2.29. The third-order valence-corrected chi connectivity index (χ3v) is 3.25. The van der Waals surface area contributed by atoms with Crippen molar-refractivity contribution in [2.24, 2.45) is 5.73 Å². The van der Waals surface area contributed by atoms with Crippen molar-refractivity contribution < 1.29 is 14.7 Å². The zero-order chi connectivity index (χ0) is 13.3. The summed E-state index contributed by atoms with van der Waals surface area (Å²) in [7, 11) is 0. The van der Waals surface area contributed by atoms with E-state index in [-0.39, 0.29) is 11.5 Å². The molecule has 0 bridgehead atoms. The van der Waals surface area contributed by atoms with Gasteiger partial charge in [-0.1, -0.05) is 13.0 Å². The van der Waals surface area contributed by atoms with E-state index in [0.29, 0.717) is 18.7 Å². The van der Waals surface area contributed by atoms with Crippen molar-refractivity contribution in [3.63, 3.8) is 0 Å². The molecule has 0 fully saturated rings. The monoisotopic (exact) mass is 248 g/mol. The fourth-order valence-electron chi connectivity index (χ4n) is 2.12. The van der Waals surface area contributed by atoms with Crippen LogP contribution in [0.5, 0.6) is 0 Å². The van der Waals surface area contributed by atoms with Gasteiger partial charge in [-0.15, -0.1) is 0 Å². The van der Waals surface area contributed by atoms with Crippen molar-refractivity contribution >= 4 is 17.6 Å². The number of hydrogen-bond acceptors (Lipinski definition) is 3. The van der Waals surface area contributed by atoms with Crippen molar-refractivity contribution in [2.45, 2.75) is 25.8 Å². The third kappa shape index (κ3) is 2.09. The lowest BCUT2D eigenvalue weighted by atomic mass is 10.1. The van der Waals surface area contributed by atoms with Crippen LogP contribution in [0, 0.1) is 0 Å². The normalized spacial score (nSPS) is 15.3. The van der Waals surface area contributed by atoms with Crippen LogP contribution in [0.3, 0.4) is 0 Å². The molecule has 5 nitrogen and oxygen atoms in total. The molecule has 18 heavy (non-hydrogen) atoms. The summed E-state index contributed by atoms with van der Waals surface area (Å²) in [6, 6.07) is 4.35. The van der Waals surface area contributed by atoms with Gasteiger partial charge in [0.15, 0.2) is 0 Å². The molecule has 1 aliphatic rings. The van der Waals surface area contributed by atoms with Gasteiger partial charge in [0, 0.05) is 12.2 Å². The van der Waals surface area contributed by atoms with Gasteiger partial charge in [0.1, 0.15) is 0 Å². The van der Waals surface area contributed by atoms with Gasteiger partial charge in [0.05, 0.1) is 11.6 Å². The van der Waals surface area contributed by atoms with E-state index >= 15 is 0 Å². The second-order valence-electron chi connectivity index (χ2n) is 4.40. The van der Waals surface area contributed by atoms with Crippen molar-refractivity contribution in [2.75, 3.05) is 11.4 Å². The van der Waals surface area contributed by atoms with Crippen LogP contribution in [0.25, 0.3) is 0 Å². The molecule has 0 radical (unpaired) electrons. The van der Waals surface area contributed by atoms with Crippen LogP contribution >= 0.6 is 0 Å². The van der Waals surface area contributed by atoms with E-state index in [1.807, 2.05) is 6.92 Å². The molecule has 1 aromatic carbocycles. The van der Waals surface area contributed by atoms with Gasteiger partial charge in [0.25, 0.3) is 0 Å². The van der Waals surface area contributed by atoms with Crippen LogP contribution in [0.4, 0.5) is 5.69 Å². The topological polar surface area (TPSA) is 83.6 Å². The van der Waals surface area contributed by atoms with E-state index in [4.69, 9.17) is 10.8 Å². The number of carbonyl (C=O) groups is 2. The van der Waals surface area contributed by atoms with E-state index in [1.54, 1.807) is 23.1 Å². The van der Waals surface area contributed by atoms with Crippen molar-refractivity contribution in [1.29, 1.82) is 0 Å². The fraction of sp³-hybridized carbons (Fsp3) is 0.385. The lowest BCUT2D eigenvalue weighted by Gasteiger charge is -2.21. The minimum absolute atomic E-state index is 0.140. The maximum Gasteiger partial charge on any atom is 0.335 e. The van der Waals surface area contributed by atoms with Gasteiger partial charge < -0.3 is 15.7 Å². The van der Waals surface area contributed by atoms with Gasteiger partial charge >= 0.3 is 5.97 Å². The maximum absolute atomic E-state index is 12.1. The van der Waals surface area contributed by atoms with Crippen LogP contribution < -0.4 is 10.6 Å². The van der Waals surface area contributed by atoms with Gasteiger partial charge in [-0.3, -0.25) is 4.79 Å². The average Bonchev–Trinajstić information content (AvgIpc) is 2.79. The smallest absolute Gasteiger partial charge is 0.335 e. The fourth-order valence-corrected chi connectivity index (χ4v) is 2.12. The molecule has 1 aromatic rings. The van der Waals surface area contributed by atoms with Crippen LogP contribution in [-0.4, -0.2) is 29.6 Å².